The smallest absolute Gasteiger partial charge is 0.171 e. The van der Waals surface area contributed by atoms with E-state index in [0.29, 0.717) is 23.2 Å². The van der Waals surface area contributed by atoms with Crippen LogP contribution in [0.5, 0.6) is 5.75 Å². The molecule has 0 bridgehead atoms. The molecule has 176 valence electrons. The minimum Gasteiger partial charge on any atom is -0.504 e. The number of hydrogen-bond donors (Lipinski definition) is 1. The van der Waals surface area contributed by atoms with E-state index >= 15 is 0 Å². The van der Waals surface area contributed by atoms with E-state index in [-0.39, 0.29) is 18.0 Å². The Morgan fingerprint density at radius 1 is 1.25 bits per heavy atom. The third-order valence-electron chi connectivity index (χ3n) is 6.96. The number of allylic oxidation sites excluding steroid dienone is 4. The Labute approximate surface area is 190 Å². The summed E-state index contributed by atoms with van der Waals surface area (Å²) in [5, 5.41) is 10.3. The molecule has 3 rings (SSSR count). The maximum atomic E-state index is 13.5. The molecule has 0 saturated carbocycles. The summed E-state index contributed by atoms with van der Waals surface area (Å²) in [5.41, 5.74) is 1.44. The van der Waals surface area contributed by atoms with Crippen molar-refractivity contribution in [2.45, 2.75) is 77.8 Å². The van der Waals surface area contributed by atoms with Crippen molar-refractivity contribution < 1.29 is 18.7 Å². The van der Waals surface area contributed by atoms with Gasteiger partial charge in [-0.25, -0.2) is 13.8 Å². The van der Waals surface area contributed by atoms with Gasteiger partial charge in [0.05, 0.1) is 0 Å². The number of carbonyl (C=O) groups is 1. The summed E-state index contributed by atoms with van der Waals surface area (Å²) in [6.45, 7) is 5.41. The van der Waals surface area contributed by atoms with Crippen molar-refractivity contribution >= 4 is 11.6 Å². The lowest BCUT2D eigenvalue weighted by atomic mass is 9.78. The molecule has 0 aromatic carbocycles. The highest BCUT2D eigenvalue weighted by Gasteiger charge is 2.27. The number of rotatable bonds is 10. The standard InChI is InChI=1S/C26H36F2N2O2/c1-3-6-20(8-5-4-7-19-9-10-23(27)24(28)15-19)21-11-13-30(14-12-21)26-25(32)16-22(17-29-26)18(2)31/h9-10,16-17,20-21,24,32H,3-8,11-15H2,1-2H3. The normalized spacial score (nSPS) is 20.6. The molecule has 2 atom stereocenters. The second-order valence-corrected chi connectivity index (χ2v) is 9.29. The molecule has 1 aromatic heterocycles. The van der Waals surface area contributed by atoms with Crippen LogP contribution in [0.1, 0.15) is 82.0 Å². The lowest BCUT2D eigenvalue weighted by molar-refractivity contribution is 0.101. The van der Waals surface area contributed by atoms with Crippen molar-refractivity contribution in [3.05, 3.63) is 41.4 Å². The van der Waals surface area contributed by atoms with Gasteiger partial charge in [0.15, 0.2) is 23.5 Å². The number of aromatic hydroxyl groups is 1. The zero-order valence-corrected chi connectivity index (χ0v) is 19.3. The van der Waals surface area contributed by atoms with Gasteiger partial charge in [-0.15, -0.1) is 0 Å². The number of alkyl halides is 1. The maximum absolute atomic E-state index is 13.5. The third kappa shape index (κ3) is 6.39. The minimum atomic E-state index is -1.46. The molecule has 2 heterocycles. The van der Waals surface area contributed by atoms with E-state index in [1.807, 2.05) is 0 Å². The molecular weight excluding hydrogens is 410 g/mol. The topological polar surface area (TPSA) is 53.4 Å². The van der Waals surface area contributed by atoms with Crippen molar-refractivity contribution in [3.8, 4) is 5.75 Å². The highest BCUT2D eigenvalue weighted by Crippen LogP contribution is 2.36. The predicted octanol–water partition coefficient (Wildman–Crippen LogP) is 6.70. The van der Waals surface area contributed by atoms with Gasteiger partial charge in [0.1, 0.15) is 5.83 Å². The molecule has 4 nitrogen and oxygen atoms in total. The number of aromatic nitrogens is 1. The SMILES string of the molecule is CCCC(CCCCC1=CC=C(F)C(F)C1)C1CCN(c2ncc(C(C)=O)cc2O)CC1. The number of piperidine rings is 1. The monoisotopic (exact) mass is 446 g/mol. The quantitative estimate of drug-likeness (QED) is 0.321. The zero-order chi connectivity index (χ0) is 23.1. The van der Waals surface area contributed by atoms with Crippen molar-refractivity contribution in [2.75, 3.05) is 18.0 Å². The van der Waals surface area contributed by atoms with Gasteiger partial charge in [-0.2, -0.15) is 0 Å². The summed E-state index contributed by atoms with van der Waals surface area (Å²) in [6.07, 6.45) is 12.0. The van der Waals surface area contributed by atoms with Gasteiger partial charge in [0, 0.05) is 31.3 Å². The van der Waals surface area contributed by atoms with E-state index in [0.717, 1.165) is 50.8 Å². The Bertz CT molecular complexity index is 844. The fourth-order valence-corrected chi connectivity index (χ4v) is 5.09. The molecule has 1 saturated heterocycles. The zero-order valence-electron chi connectivity index (χ0n) is 19.3. The lowest BCUT2D eigenvalue weighted by Gasteiger charge is -2.37. The molecule has 32 heavy (non-hydrogen) atoms. The second kappa shape index (κ2) is 11.6. The summed E-state index contributed by atoms with van der Waals surface area (Å²) < 4.78 is 26.7. The van der Waals surface area contributed by atoms with E-state index in [4.69, 9.17) is 0 Å². The van der Waals surface area contributed by atoms with Crippen molar-refractivity contribution in [1.29, 1.82) is 0 Å². The summed E-state index contributed by atoms with van der Waals surface area (Å²) in [5.74, 6) is 1.22. The van der Waals surface area contributed by atoms with Crippen LogP contribution in [-0.2, 0) is 0 Å². The van der Waals surface area contributed by atoms with Crippen LogP contribution in [0.3, 0.4) is 0 Å². The first kappa shape index (κ1) is 24.4. The van der Waals surface area contributed by atoms with Gasteiger partial charge in [-0.1, -0.05) is 44.3 Å². The Morgan fingerprint density at radius 3 is 2.62 bits per heavy atom. The van der Waals surface area contributed by atoms with Crippen LogP contribution in [0.4, 0.5) is 14.6 Å². The lowest BCUT2D eigenvalue weighted by Crippen LogP contribution is -2.36. The number of halogens is 2. The van der Waals surface area contributed by atoms with Crippen molar-refractivity contribution in [2.24, 2.45) is 11.8 Å². The van der Waals surface area contributed by atoms with Crippen molar-refractivity contribution in [1.82, 2.24) is 4.98 Å². The van der Waals surface area contributed by atoms with Gasteiger partial charge in [-0.3, -0.25) is 4.79 Å². The number of hydrogen-bond acceptors (Lipinski definition) is 4. The van der Waals surface area contributed by atoms with Crippen molar-refractivity contribution in [3.63, 3.8) is 0 Å². The van der Waals surface area contributed by atoms with Gasteiger partial charge >= 0.3 is 0 Å². The van der Waals surface area contributed by atoms with Crippen LogP contribution < -0.4 is 4.90 Å². The van der Waals surface area contributed by atoms with Gasteiger partial charge in [0.2, 0.25) is 0 Å². The molecule has 6 heteroatoms. The fourth-order valence-electron chi connectivity index (χ4n) is 5.09. The molecule has 0 amide bonds. The number of anilines is 1. The van der Waals surface area contributed by atoms with Crippen LogP contribution in [0.25, 0.3) is 0 Å². The second-order valence-electron chi connectivity index (χ2n) is 9.29. The fraction of sp³-hybridized carbons (Fsp3) is 0.615. The molecule has 2 aliphatic rings. The first-order valence-corrected chi connectivity index (χ1v) is 12.0. The Balaban J connectivity index is 1.47. The predicted molar refractivity (Wildman–Crippen MR) is 124 cm³/mol. The average molecular weight is 447 g/mol. The van der Waals surface area contributed by atoms with Gasteiger partial charge in [0.25, 0.3) is 0 Å². The van der Waals surface area contributed by atoms with E-state index in [2.05, 4.69) is 16.8 Å². The largest absolute Gasteiger partial charge is 0.504 e. The van der Waals surface area contributed by atoms with Crippen LogP contribution in [0, 0.1) is 11.8 Å². The Morgan fingerprint density at radius 2 is 2.00 bits per heavy atom. The number of ketones is 1. The first-order chi connectivity index (χ1) is 15.4. The maximum Gasteiger partial charge on any atom is 0.171 e. The molecule has 1 aromatic rings. The number of carbonyl (C=O) groups excluding carboxylic acids is 1. The highest BCUT2D eigenvalue weighted by atomic mass is 19.2. The third-order valence-corrected chi connectivity index (χ3v) is 6.96. The van der Waals surface area contributed by atoms with E-state index in [9.17, 15) is 18.7 Å². The average Bonchev–Trinajstić information content (AvgIpc) is 2.78. The molecule has 1 fully saturated rings. The summed E-state index contributed by atoms with van der Waals surface area (Å²) in [7, 11) is 0. The molecule has 1 aliphatic carbocycles. The number of nitrogens with zero attached hydrogens (tertiary/aromatic N) is 2. The van der Waals surface area contributed by atoms with E-state index in [1.54, 1.807) is 12.3 Å². The van der Waals surface area contributed by atoms with Crippen LogP contribution in [-0.4, -0.2) is 35.1 Å². The first-order valence-electron chi connectivity index (χ1n) is 12.0. The molecule has 0 radical (unpaired) electrons. The molecular formula is C26H36F2N2O2. The summed E-state index contributed by atoms with van der Waals surface area (Å²) in [4.78, 5) is 17.9. The molecule has 1 N–H and O–H groups in total. The number of Topliss-reactive ketones (excluding diaryl/α,β-unsaturated/α-hetero) is 1. The van der Waals surface area contributed by atoms with Crippen LogP contribution in [0.15, 0.2) is 35.8 Å². The van der Waals surface area contributed by atoms with E-state index in [1.165, 1.54) is 38.3 Å². The van der Waals surface area contributed by atoms with Gasteiger partial charge < -0.3 is 10.0 Å². The minimum absolute atomic E-state index is 0.0727. The Kier molecular flexibility index (Phi) is 8.83. The summed E-state index contributed by atoms with van der Waals surface area (Å²) in [6, 6.07) is 1.51. The van der Waals surface area contributed by atoms with Gasteiger partial charge in [-0.05, 0) is 56.6 Å². The molecule has 2 unspecified atom stereocenters. The van der Waals surface area contributed by atoms with Crippen LogP contribution >= 0.6 is 0 Å². The highest BCUT2D eigenvalue weighted by molar-refractivity contribution is 5.94. The summed E-state index contributed by atoms with van der Waals surface area (Å²) >= 11 is 0. The molecule has 1 aliphatic heterocycles. The Hall–Kier alpha value is -2.24. The number of pyridine rings is 1. The van der Waals surface area contributed by atoms with E-state index < -0.39 is 12.0 Å². The number of unbranched alkanes of at least 4 members (excludes halogenated alkanes) is 1. The van der Waals surface area contributed by atoms with Crippen LogP contribution in [0.2, 0.25) is 0 Å². The molecule has 0 spiro atoms.